The lowest BCUT2D eigenvalue weighted by atomic mass is 9.64. The fourth-order valence-corrected chi connectivity index (χ4v) is 2.24. The van der Waals surface area contributed by atoms with Gasteiger partial charge < -0.3 is 15.8 Å². The third-order valence-electron chi connectivity index (χ3n) is 3.82. The Kier molecular flexibility index (Phi) is 5.93. The van der Waals surface area contributed by atoms with Gasteiger partial charge in [-0.2, -0.15) is 0 Å². The van der Waals surface area contributed by atoms with E-state index in [9.17, 15) is 0 Å². The van der Waals surface area contributed by atoms with Crippen LogP contribution in [0.15, 0.2) is 4.99 Å². The normalized spacial score (nSPS) is 26.8. The summed E-state index contributed by atoms with van der Waals surface area (Å²) >= 11 is 0. The highest BCUT2D eigenvalue weighted by Crippen LogP contribution is 2.42. The molecule has 0 radical (unpaired) electrons. The number of guanidine groups is 1. The number of hydrogen-bond donors (Lipinski definition) is 2. The van der Waals surface area contributed by atoms with E-state index in [1.54, 1.807) is 0 Å². The molecule has 0 aliphatic heterocycles. The standard InChI is InChI=1S/C14H29N3O/c1-5-7-9-18-12-10-11(14(12,3)4)17-13(15)16-8-6-2/h11-12H,5-10H2,1-4H3,(H3,15,16,17). The second-order valence-corrected chi connectivity index (χ2v) is 5.73. The predicted molar refractivity (Wildman–Crippen MR) is 76.8 cm³/mol. The van der Waals surface area contributed by atoms with Gasteiger partial charge >= 0.3 is 0 Å². The van der Waals surface area contributed by atoms with E-state index in [-0.39, 0.29) is 5.41 Å². The van der Waals surface area contributed by atoms with Gasteiger partial charge in [-0.05, 0) is 19.3 Å². The Balaban J connectivity index is 2.34. The van der Waals surface area contributed by atoms with Gasteiger partial charge in [-0.1, -0.05) is 34.1 Å². The molecule has 3 N–H and O–H groups in total. The smallest absolute Gasteiger partial charge is 0.188 e. The zero-order valence-electron chi connectivity index (χ0n) is 12.3. The first-order chi connectivity index (χ1) is 8.52. The molecule has 2 unspecified atom stereocenters. The summed E-state index contributed by atoms with van der Waals surface area (Å²) in [6.45, 7) is 10.4. The number of nitrogens with two attached hydrogens (primary N) is 1. The van der Waals surface area contributed by atoms with Crippen molar-refractivity contribution in [2.24, 2.45) is 16.1 Å². The predicted octanol–water partition coefficient (Wildman–Crippen LogP) is 2.28. The van der Waals surface area contributed by atoms with Crippen molar-refractivity contribution in [2.75, 3.05) is 13.2 Å². The Bertz CT molecular complexity index is 276. The molecule has 1 rings (SSSR count). The van der Waals surface area contributed by atoms with Crippen molar-refractivity contribution in [1.82, 2.24) is 5.32 Å². The molecule has 106 valence electrons. The minimum Gasteiger partial charge on any atom is -0.378 e. The molecule has 1 saturated carbocycles. The van der Waals surface area contributed by atoms with Gasteiger partial charge in [-0.25, -0.2) is 0 Å². The van der Waals surface area contributed by atoms with Gasteiger partial charge in [-0.15, -0.1) is 0 Å². The van der Waals surface area contributed by atoms with Crippen LogP contribution in [0.3, 0.4) is 0 Å². The number of nitrogens with zero attached hydrogens (tertiary/aromatic N) is 1. The first-order valence-corrected chi connectivity index (χ1v) is 7.20. The van der Waals surface area contributed by atoms with Gasteiger partial charge in [0.25, 0.3) is 0 Å². The molecule has 1 aliphatic rings. The maximum atomic E-state index is 5.91. The third-order valence-corrected chi connectivity index (χ3v) is 3.82. The van der Waals surface area contributed by atoms with Crippen molar-refractivity contribution in [2.45, 2.75) is 65.5 Å². The summed E-state index contributed by atoms with van der Waals surface area (Å²) in [6.07, 6.45) is 4.73. The molecule has 0 spiro atoms. The monoisotopic (exact) mass is 255 g/mol. The van der Waals surface area contributed by atoms with E-state index in [0.717, 1.165) is 32.4 Å². The number of hydrogen-bond acceptors (Lipinski definition) is 2. The molecule has 4 heteroatoms. The second-order valence-electron chi connectivity index (χ2n) is 5.73. The van der Waals surface area contributed by atoms with Crippen LogP contribution in [0, 0.1) is 5.41 Å². The summed E-state index contributed by atoms with van der Waals surface area (Å²) in [5.41, 5.74) is 6.00. The van der Waals surface area contributed by atoms with Gasteiger partial charge in [0.2, 0.25) is 0 Å². The second kappa shape index (κ2) is 6.98. The first-order valence-electron chi connectivity index (χ1n) is 7.20. The Morgan fingerprint density at radius 2 is 2.11 bits per heavy atom. The van der Waals surface area contributed by atoms with E-state index in [1.165, 1.54) is 6.42 Å². The van der Waals surface area contributed by atoms with Gasteiger partial charge in [0.1, 0.15) is 0 Å². The van der Waals surface area contributed by atoms with E-state index < -0.39 is 0 Å². The highest BCUT2D eigenvalue weighted by atomic mass is 16.5. The number of aliphatic imine (C=N–C) groups is 1. The van der Waals surface area contributed by atoms with E-state index in [1.807, 2.05) is 0 Å². The van der Waals surface area contributed by atoms with Gasteiger partial charge in [0.05, 0.1) is 6.10 Å². The highest BCUT2D eigenvalue weighted by Gasteiger charge is 2.49. The van der Waals surface area contributed by atoms with E-state index in [2.05, 4.69) is 38.0 Å². The number of ether oxygens (including phenoxy) is 1. The molecule has 2 atom stereocenters. The maximum Gasteiger partial charge on any atom is 0.188 e. The minimum absolute atomic E-state index is 0.139. The summed E-state index contributed by atoms with van der Waals surface area (Å²) in [7, 11) is 0. The van der Waals surface area contributed by atoms with Crippen LogP contribution in [0.1, 0.15) is 53.4 Å². The summed E-state index contributed by atoms with van der Waals surface area (Å²) < 4.78 is 5.91. The van der Waals surface area contributed by atoms with Crippen LogP contribution in [0.5, 0.6) is 0 Å². The zero-order valence-corrected chi connectivity index (χ0v) is 12.3. The fourth-order valence-electron chi connectivity index (χ4n) is 2.24. The molecule has 1 aliphatic carbocycles. The summed E-state index contributed by atoms with van der Waals surface area (Å²) in [6, 6.07) is 0.379. The lowest BCUT2D eigenvalue weighted by Gasteiger charge is -2.51. The largest absolute Gasteiger partial charge is 0.378 e. The van der Waals surface area contributed by atoms with Crippen LogP contribution >= 0.6 is 0 Å². The fraction of sp³-hybridized carbons (Fsp3) is 0.929. The number of rotatable bonds is 7. The van der Waals surface area contributed by atoms with E-state index >= 15 is 0 Å². The van der Waals surface area contributed by atoms with Crippen LogP contribution in [-0.2, 0) is 4.74 Å². The lowest BCUT2D eigenvalue weighted by molar-refractivity contribution is -0.113. The summed E-state index contributed by atoms with van der Waals surface area (Å²) in [5.74, 6) is 0.571. The highest BCUT2D eigenvalue weighted by molar-refractivity contribution is 5.78. The van der Waals surface area contributed by atoms with Crippen molar-refractivity contribution in [3.8, 4) is 0 Å². The van der Waals surface area contributed by atoms with Crippen LogP contribution in [0.25, 0.3) is 0 Å². The summed E-state index contributed by atoms with van der Waals surface area (Å²) in [5, 5.41) is 3.31. The van der Waals surface area contributed by atoms with Crippen molar-refractivity contribution < 1.29 is 4.74 Å². The SMILES string of the molecule is CCCCOC1CC(NC(N)=NCCC)C1(C)C. The van der Waals surface area contributed by atoms with Crippen LogP contribution in [-0.4, -0.2) is 31.3 Å². The molecular formula is C14H29N3O. The molecule has 0 bridgehead atoms. The molecule has 0 aromatic rings. The molecule has 0 aromatic heterocycles. The van der Waals surface area contributed by atoms with Crippen molar-refractivity contribution in [1.29, 1.82) is 0 Å². The first kappa shape index (κ1) is 15.3. The van der Waals surface area contributed by atoms with E-state index in [0.29, 0.717) is 18.1 Å². The molecule has 0 amide bonds. The Labute approximate surface area is 111 Å². The van der Waals surface area contributed by atoms with Gasteiger partial charge in [0, 0.05) is 24.6 Å². The Hall–Kier alpha value is -0.770. The molecular weight excluding hydrogens is 226 g/mol. The van der Waals surface area contributed by atoms with Gasteiger partial charge in [-0.3, -0.25) is 4.99 Å². The zero-order chi connectivity index (χ0) is 13.6. The maximum absolute atomic E-state index is 5.91. The topological polar surface area (TPSA) is 59.6 Å². The van der Waals surface area contributed by atoms with Gasteiger partial charge in [0.15, 0.2) is 5.96 Å². The Morgan fingerprint density at radius 1 is 1.39 bits per heavy atom. The molecule has 0 aromatic carbocycles. The molecule has 0 saturated heterocycles. The minimum atomic E-state index is 0.139. The van der Waals surface area contributed by atoms with Crippen molar-refractivity contribution in [3.63, 3.8) is 0 Å². The molecule has 1 fully saturated rings. The molecule has 4 nitrogen and oxygen atoms in total. The molecule has 18 heavy (non-hydrogen) atoms. The summed E-state index contributed by atoms with van der Waals surface area (Å²) in [4.78, 5) is 4.27. The number of unbranched alkanes of at least 4 members (excludes halogenated alkanes) is 1. The van der Waals surface area contributed by atoms with Crippen LogP contribution in [0.2, 0.25) is 0 Å². The quantitative estimate of drug-likeness (QED) is 0.417. The average molecular weight is 255 g/mol. The van der Waals surface area contributed by atoms with Crippen molar-refractivity contribution >= 4 is 5.96 Å². The average Bonchev–Trinajstić information content (AvgIpc) is 2.34. The Morgan fingerprint density at radius 3 is 2.67 bits per heavy atom. The van der Waals surface area contributed by atoms with Crippen molar-refractivity contribution in [3.05, 3.63) is 0 Å². The lowest BCUT2D eigenvalue weighted by Crippen LogP contribution is -2.63. The van der Waals surface area contributed by atoms with Crippen LogP contribution in [0.4, 0.5) is 0 Å². The number of nitrogens with one attached hydrogen (secondary N) is 1. The third kappa shape index (κ3) is 3.87. The van der Waals surface area contributed by atoms with E-state index in [4.69, 9.17) is 10.5 Å². The van der Waals surface area contributed by atoms with Crippen LogP contribution < -0.4 is 11.1 Å². The molecule has 0 heterocycles.